The quantitative estimate of drug-likeness (QED) is 0.887. The van der Waals surface area contributed by atoms with Gasteiger partial charge in [-0.05, 0) is 23.8 Å². The summed E-state index contributed by atoms with van der Waals surface area (Å²) in [7, 11) is 1.50. The van der Waals surface area contributed by atoms with E-state index in [-0.39, 0.29) is 11.6 Å². The van der Waals surface area contributed by atoms with Gasteiger partial charge in [0.05, 0.1) is 7.11 Å². The number of methoxy groups -OCH3 is 1. The molecule has 2 rings (SSSR count). The number of rotatable bonds is 5. The molecule has 0 spiro atoms. The number of halogens is 2. The van der Waals surface area contributed by atoms with Crippen LogP contribution in [0.25, 0.3) is 0 Å². The second-order valence-electron chi connectivity index (χ2n) is 4.31. The van der Waals surface area contributed by atoms with Crippen molar-refractivity contribution in [1.29, 1.82) is 0 Å². The van der Waals surface area contributed by atoms with Gasteiger partial charge >= 0.3 is 0 Å². The van der Waals surface area contributed by atoms with Crippen molar-refractivity contribution in [2.24, 2.45) is 0 Å². The average molecular weight is 296 g/mol. The summed E-state index contributed by atoms with van der Waals surface area (Å²) in [6, 6.07) is 9.58. The van der Waals surface area contributed by atoms with Gasteiger partial charge in [0.1, 0.15) is 5.82 Å². The lowest BCUT2D eigenvalue weighted by molar-refractivity contribution is 0.369. The van der Waals surface area contributed by atoms with Crippen molar-refractivity contribution in [3.05, 3.63) is 58.4 Å². The van der Waals surface area contributed by atoms with E-state index in [2.05, 4.69) is 5.32 Å². The molecule has 0 bridgehead atoms. The van der Waals surface area contributed by atoms with Gasteiger partial charge in [-0.3, -0.25) is 0 Å². The highest BCUT2D eigenvalue weighted by molar-refractivity contribution is 6.31. The van der Waals surface area contributed by atoms with E-state index in [1.807, 2.05) is 0 Å². The SMILES string of the molecule is COc1cccc(CNCc2ccc(F)cc2Cl)c1O. The van der Waals surface area contributed by atoms with Gasteiger partial charge in [-0.25, -0.2) is 4.39 Å². The minimum Gasteiger partial charge on any atom is -0.504 e. The van der Waals surface area contributed by atoms with Crippen molar-refractivity contribution >= 4 is 11.6 Å². The monoisotopic (exact) mass is 295 g/mol. The highest BCUT2D eigenvalue weighted by atomic mass is 35.5. The number of para-hydroxylation sites is 1. The van der Waals surface area contributed by atoms with Gasteiger partial charge in [0, 0.05) is 23.7 Å². The van der Waals surface area contributed by atoms with Crippen molar-refractivity contribution in [3.8, 4) is 11.5 Å². The van der Waals surface area contributed by atoms with E-state index in [0.29, 0.717) is 23.9 Å². The number of hydrogen-bond donors (Lipinski definition) is 2. The lowest BCUT2D eigenvalue weighted by Crippen LogP contribution is -2.13. The molecule has 0 aromatic heterocycles. The summed E-state index contributed by atoms with van der Waals surface area (Å²) in [6.45, 7) is 0.937. The number of aromatic hydroxyl groups is 1. The third-order valence-corrected chi connectivity index (χ3v) is 3.30. The molecule has 0 amide bonds. The highest BCUT2D eigenvalue weighted by Gasteiger charge is 2.07. The minimum absolute atomic E-state index is 0.118. The van der Waals surface area contributed by atoms with E-state index in [9.17, 15) is 9.50 Å². The van der Waals surface area contributed by atoms with E-state index in [1.54, 1.807) is 24.3 Å². The fourth-order valence-corrected chi connectivity index (χ4v) is 2.11. The van der Waals surface area contributed by atoms with Crippen LogP contribution in [0.4, 0.5) is 4.39 Å². The smallest absolute Gasteiger partial charge is 0.162 e. The first-order valence-electron chi connectivity index (χ1n) is 6.11. The Bertz CT molecular complexity index is 604. The number of phenolic OH excluding ortho intramolecular Hbond substituents is 1. The molecule has 0 saturated heterocycles. The second-order valence-corrected chi connectivity index (χ2v) is 4.71. The lowest BCUT2D eigenvalue weighted by atomic mass is 10.1. The predicted molar refractivity (Wildman–Crippen MR) is 76.6 cm³/mol. The molecule has 0 aliphatic carbocycles. The predicted octanol–water partition coefficient (Wildman–Crippen LogP) is 3.48. The molecule has 0 fully saturated rings. The molecule has 2 N–H and O–H groups in total. The van der Waals surface area contributed by atoms with Crippen LogP contribution in [0.2, 0.25) is 5.02 Å². The molecule has 0 aliphatic rings. The zero-order valence-electron chi connectivity index (χ0n) is 11.0. The van der Waals surface area contributed by atoms with Gasteiger partial charge in [0.15, 0.2) is 11.5 Å². The van der Waals surface area contributed by atoms with E-state index in [0.717, 1.165) is 11.1 Å². The van der Waals surface area contributed by atoms with Crippen molar-refractivity contribution in [2.45, 2.75) is 13.1 Å². The normalized spacial score (nSPS) is 10.6. The van der Waals surface area contributed by atoms with E-state index in [1.165, 1.54) is 19.2 Å². The second kappa shape index (κ2) is 6.59. The molecular formula is C15H15ClFNO2. The Labute approximate surface area is 122 Å². The molecule has 3 nitrogen and oxygen atoms in total. The highest BCUT2D eigenvalue weighted by Crippen LogP contribution is 2.29. The molecule has 20 heavy (non-hydrogen) atoms. The van der Waals surface area contributed by atoms with E-state index < -0.39 is 0 Å². The van der Waals surface area contributed by atoms with Gasteiger partial charge in [-0.2, -0.15) is 0 Å². The van der Waals surface area contributed by atoms with Crippen LogP contribution < -0.4 is 10.1 Å². The van der Waals surface area contributed by atoms with Crippen LogP contribution in [0, 0.1) is 5.82 Å². The topological polar surface area (TPSA) is 41.5 Å². The van der Waals surface area contributed by atoms with Crippen LogP contribution >= 0.6 is 11.6 Å². The van der Waals surface area contributed by atoms with E-state index in [4.69, 9.17) is 16.3 Å². The van der Waals surface area contributed by atoms with Gasteiger partial charge < -0.3 is 15.2 Å². The summed E-state index contributed by atoms with van der Waals surface area (Å²) in [5.41, 5.74) is 1.53. The number of benzene rings is 2. The summed E-state index contributed by atoms with van der Waals surface area (Å²) >= 11 is 5.94. The molecular weight excluding hydrogens is 281 g/mol. The Hall–Kier alpha value is -1.78. The molecule has 5 heteroatoms. The van der Waals surface area contributed by atoms with Gasteiger partial charge in [0.2, 0.25) is 0 Å². The Kier molecular flexibility index (Phi) is 4.82. The van der Waals surface area contributed by atoms with Crippen LogP contribution in [0.5, 0.6) is 11.5 Å². The van der Waals surface area contributed by atoms with Crippen LogP contribution in [0.3, 0.4) is 0 Å². The molecule has 2 aromatic carbocycles. The maximum Gasteiger partial charge on any atom is 0.162 e. The van der Waals surface area contributed by atoms with Crippen molar-refractivity contribution in [2.75, 3.05) is 7.11 Å². The van der Waals surface area contributed by atoms with Gasteiger partial charge in [-0.1, -0.05) is 29.8 Å². The molecule has 0 heterocycles. The van der Waals surface area contributed by atoms with Crippen LogP contribution in [0.15, 0.2) is 36.4 Å². The van der Waals surface area contributed by atoms with Gasteiger partial charge in [0.25, 0.3) is 0 Å². The Balaban J connectivity index is 1.99. The third kappa shape index (κ3) is 3.40. The summed E-state index contributed by atoms with van der Waals surface area (Å²) < 4.78 is 18.0. The first kappa shape index (κ1) is 14.6. The molecule has 106 valence electrons. The number of hydrogen-bond acceptors (Lipinski definition) is 3. The average Bonchev–Trinajstić information content (AvgIpc) is 2.43. The summed E-state index contributed by atoms with van der Waals surface area (Å²) in [5.74, 6) is 0.195. The molecule has 0 saturated carbocycles. The van der Waals surface area contributed by atoms with Crippen LogP contribution in [-0.4, -0.2) is 12.2 Å². The maximum atomic E-state index is 12.9. The zero-order valence-corrected chi connectivity index (χ0v) is 11.7. The fraction of sp³-hybridized carbons (Fsp3) is 0.200. The Morgan fingerprint density at radius 1 is 1.20 bits per heavy atom. The molecule has 0 aliphatic heterocycles. The molecule has 2 aromatic rings. The fourth-order valence-electron chi connectivity index (χ4n) is 1.87. The standard InChI is InChI=1S/C15H15ClFNO2/c1-20-14-4-2-3-11(15(14)19)9-18-8-10-5-6-12(17)7-13(10)16/h2-7,18-19H,8-9H2,1H3. The molecule has 0 radical (unpaired) electrons. The maximum absolute atomic E-state index is 12.9. The van der Waals surface area contributed by atoms with Crippen molar-refractivity contribution in [1.82, 2.24) is 5.32 Å². The zero-order chi connectivity index (χ0) is 14.5. The number of ether oxygens (including phenoxy) is 1. The minimum atomic E-state index is -0.357. The summed E-state index contributed by atoms with van der Waals surface area (Å²) in [4.78, 5) is 0. The number of nitrogens with one attached hydrogen (secondary N) is 1. The lowest BCUT2D eigenvalue weighted by Gasteiger charge is -2.10. The molecule has 0 unspecified atom stereocenters. The van der Waals surface area contributed by atoms with E-state index >= 15 is 0 Å². The largest absolute Gasteiger partial charge is 0.504 e. The van der Waals surface area contributed by atoms with Crippen LogP contribution in [-0.2, 0) is 13.1 Å². The molecule has 0 atom stereocenters. The first-order chi connectivity index (χ1) is 9.61. The first-order valence-corrected chi connectivity index (χ1v) is 6.49. The van der Waals surface area contributed by atoms with Gasteiger partial charge in [-0.15, -0.1) is 0 Å². The number of phenols is 1. The van der Waals surface area contributed by atoms with Crippen molar-refractivity contribution in [3.63, 3.8) is 0 Å². The van der Waals surface area contributed by atoms with Crippen LogP contribution in [0.1, 0.15) is 11.1 Å². The summed E-state index contributed by atoms with van der Waals surface area (Å²) in [6.07, 6.45) is 0. The third-order valence-electron chi connectivity index (χ3n) is 2.95. The van der Waals surface area contributed by atoms with Crippen molar-refractivity contribution < 1.29 is 14.2 Å². The Morgan fingerprint density at radius 2 is 1.95 bits per heavy atom. The Morgan fingerprint density at radius 3 is 2.65 bits per heavy atom. The summed E-state index contributed by atoms with van der Waals surface area (Å²) in [5, 5.41) is 13.5.